The van der Waals surface area contributed by atoms with Crippen LogP contribution in [-0.2, 0) is 6.42 Å². The molecule has 5 N–H and O–H groups in total. The maximum Gasteiger partial charge on any atom is 0.264 e. The van der Waals surface area contributed by atoms with Crippen LogP contribution in [0.5, 0.6) is 0 Å². The Balaban J connectivity index is 2.23. The van der Waals surface area contributed by atoms with Crippen LogP contribution >= 0.6 is 0 Å². The molecule has 0 aliphatic rings. The Hall–Kier alpha value is -2.74. The van der Waals surface area contributed by atoms with E-state index in [-0.39, 0.29) is 17.3 Å². The summed E-state index contributed by atoms with van der Waals surface area (Å²) in [6.07, 6.45) is 1.65. The monoisotopic (exact) mass is 288 g/mol. The second-order valence-corrected chi connectivity index (χ2v) is 4.39. The van der Waals surface area contributed by atoms with Crippen LogP contribution in [0.15, 0.2) is 29.1 Å². The molecule has 0 spiro atoms. The highest BCUT2D eigenvalue weighted by Crippen LogP contribution is 2.13. The third kappa shape index (κ3) is 3.86. The van der Waals surface area contributed by atoms with Crippen LogP contribution in [0.2, 0.25) is 0 Å². The third-order valence-corrected chi connectivity index (χ3v) is 2.72. The van der Waals surface area contributed by atoms with Crippen molar-refractivity contribution in [3.63, 3.8) is 0 Å². The zero-order chi connectivity index (χ0) is 15.2. The van der Waals surface area contributed by atoms with Gasteiger partial charge in [-0.05, 0) is 24.6 Å². The Morgan fingerprint density at radius 1 is 1.33 bits per heavy atom. The minimum absolute atomic E-state index is 0.260. The lowest BCUT2D eigenvalue weighted by molar-refractivity contribution is 0.102. The lowest BCUT2D eigenvalue weighted by Gasteiger charge is -2.08. The maximum absolute atomic E-state index is 12.2. The van der Waals surface area contributed by atoms with Gasteiger partial charge in [0.05, 0.1) is 0 Å². The second-order valence-electron chi connectivity index (χ2n) is 4.39. The standard InChI is InChI=1S/C13H16N6O2/c1-2-3-9-6-8(7-11(15-9)17-14)13(21)16-10-4-5-12(20)19-18-10/h4-7H,2-3,14H2,1H3,(H,15,17)(H,19,20)(H,16,18,21). The number of H-pyrrole nitrogens is 1. The fourth-order valence-electron chi connectivity index (χ4n) is 1.78. The van der Waals surface area contributed by atoms with Gasteiger partial charge in [-0.25, -0.2) is 15.9 Å². The highest BCUT2D eigenvalue weighted by Gasteiger charge is 2.10. The number of amides is 1. The average molecular weight is 288 g/mol. The van der Waals surface area contributed by atoms with Crippen molar-refractivity contribution in [1.29, 1.82) is 0 Å². The van der Waals surface area contributed by atoms with Gasteiger partial charge in [0, 0.05) is 17.3 Å². The maximum atomic E-state index is 12.2. The molecular formula is C13H16N6O2. The minimum Gasteiger partial charge on any atom is -0.308 e. The zero-order valence-electron chi connectivity index (χ0n) is 11.5. The van der Waals surface area contributed by atoms with E-state index < -0.39 is 0 Å². The summed E-state index contributed by atoms with van der Waals surface area (Å²) in [7, 11) is 0. The number of rotatable bonds is 5. The third-order valence-electron chi connectivity index (χ3n) is 2.72. The number of aromatic nitrogens is 3. The van der Waals surface area contributed by atoms with Crippen LogP contribution in [-0.4, -0.2) is 21.1 Å². The SMILES string of the molecule is CCCc1cc(C(=O)Nc2ccc(=O)[nH]n2)cc(NN)n1. The van der Waals surface area contributed by atoms with Gasteiger partial charge in [-0.1, -0.05) is 13.3 Å². The first-order valence-electron chi connectivity index (χ1n) is 6.47. The molecule has 2 rings (SSSR count). The van der Waals surface area contributed by atoms with Crippen molar-refractivity contribution in [1.82, 2.24) is 15.2 Å². The predicted octanol–water partition coefficient (Wildman–Crippen LogP) is 0.655. The number of nitrogens with zero attached hydrogens (tertiary/aromatic N) is 2. The number of pyridine rings is 1. The summed E-state index contributed by atoms with van der Waals surface area (Å²) in [5.41, 5.74) is 3.28. The van der Waals surface area contributed by atoms with E-state index >= 15 is 0 Å². The Kier molecular flexibility index (Phi) is 4.62. The van der Waals surface area contributed by atoms with Crippen molar-refractivity contribution in [3.05, 3.63) is 45.9 Å². The van der Waals surface area contributed by atoms with E-state index in [1.807, 2.05) is 6.92 Å². The molecule has 0 aliphatic heterocycles. The van der Waals surface area contributed by atoms with Crippen LogP contribution in [0.4, 0.5) is 11.6 Å². The summed E-state index contributed by atoms with van der Waals surface area (Å²) in [6, 6.07) is 5.95. The van der Waals surface area contributed by atoms with Crippen molar-refractivity contribution in [2.45, 2.75) is 19.8 Å². The molecule has 0 saturated heterocycles. The van der Waals surface area contributed by atoms with Gasteiger partial charge in [0.2, 0.25) is 0 Å². The number of carbonyl (C=O) groups is 1. The van der Waals surface area contributed by atoms with Crippen molar-refractivity contribution in [2.24, 2.45) is 5.84 Å². The Bertz CT molecular complexity index is 677. The number of nitrogens with one attached hydrogen (secondary N) is 3. The van der Waals surface area contributed by atoms with E-state index in [2.05, 4.69) is 25.9 Å². The van der Waals surface area contributed by atoms with E-state index in [9.17, 15) is 9.59 Å². The van der Waals surface area contributed by atoms with Gasteiger partial charge in [0.15, 0.2) is 5.82 Å². The summed E-state index contributed by atoms with van der Waals surface area (Å²) in [5, 5.41) is 8.56. The van der Waals surface area contributed by atoms with Crippen molar-refractivity contribution >= 4 is 17.5 Å². The van der Waals surface area contributed by atoms with Gasteiger partial charge >= 0.3 is 0 Å². The molecule has 1 amide bonds. The quantitative estimate of drug-likeness (QED) is 0.473. The van der Waals surface area contributed by atoms with E-state index in [0.717, 1.165) is 18.5 Å². The molecule has 0 aliphatic carbocycles. The van der Waals surface area contributed by atoms with Gasteiger partial charge in [-0.2, -0.15) is 5.10 Å². The average Bonchev–Trinajstić information content (AvgIpc) is 2.49. The van der Waals surface area contributed by atoms with E-state index in [4.69, 9.17) is 5.84 Å². The first-order chi connectivity index (χ1) is 10.1. The van der Waals surface area contributed by atoms with Crippen LogP contribution in [0, 0.1) is 0 Å². The minimum atomic E-state index is -0.356. The molecule has 0 fully saturated rings. The lowest BCUT2D eigenvalue weighted by Crippen LogP contribution is -2.17. The van der Waals surface area contributed by atoms with Crippen LogP contribution in [0.25, 0.3) is 0 Å². The molecule has 0 bridgehead atoms. The fourth-order valence-corrected chi connectivity index (χ4v) is 1.78. The number of nitrogens with two attached hydrogens (primary N) is 1. The van der Waals surface area contributed by atoms with Crippen molar-refractivity contribution < 1.29 is 4.79 Å². The smallest absolute Gasteiger partial charge is 0.264 e. The molecule has 2 aromatic heterocycles. The molecule has 0 radical (unpaired) electrons. The van der Waals surface area contributed by atoms with Gasteiger partial charge in [-0.15, -0.1) is 0 Å². The Morgan fingerprint density at radius 3 is 2.76 bits per heavy atom. The first kappa shape index (κ1) is 14.7. The van der Waals surface area contributed by atoms with Gasteiger partial charge in [0.25, 0.3) is 11.5 Å². The summed E-state index contributed by atoms with van der Waals surface area (Å²) in [4.78, 5) is 27.4. The number of hydrogen-bond acceptors (Lipinski definition) is 6. The number of aryl methyl sites for hydroxylation is 1. The Labute approximate surface area is 120 Å². The molecule has 8 heteroatoms. The predicted molar refractivity (Wildman–Crippen MR) is 78.9 cm³/mol. The number of hydrogen-bond donors (Lipinski definition) is 4. The molecule has 2 heterocycles. The number of carbonyl (C=O) groups excluding carboxylic acids is 1. The summed E-state index contributed by atoms with van der Waals surface area (Å²) >= 11 is 0. The topological polar surface area (TPSA) is 126 Å². The van der Waals surface area contributed by atoms with Crippen molar-refractivity contribution in [2.75, 3.05) is 10.7 Å². The van der Waals surface area contributed by atoms with Gasteiger partial charge < -0.3 is 10.7 Å². The highest BCUT2D eigenvalue weighted by molar-refractivity contribution is 6.04. The molecule has 0 unspecified atom stereocenters. The lowest BCUT2D eigenvalue weighted by atomic mass is 10.1. The van der Waals surface area contributed by atoms with Crippen LogP contribution < -0.4 is 22.1 Å². The molecule has 0 atom stereocenters. The van der Waals surface area contributed by atoms with Crippen LogP contribution in [0.1, 0.15) is 29.4 Å². The summed E-state index contributed by atoms with van der Waals surface area (Å²) in [5.74, 6) is 5.68. The van der Waals surface area contributed by atoms with E-state index in [0.29, 0.717) is 11.4 Å². The Morgan fingerprint density at radius 2 is 2.14 bits per heavy atom. The zero-order valence-corrected chi connectivity index (χ0v) is 11.5. The molecule has 0 aromatic carbocycles. The molecule has 0 saturated carbocycles. The number of aromatic amines is 1. The van der Waals surface area contributed by atoms with Gasteiger partial charge in [0.1, 0.15) is 5.82 Å². The fraction of sp³-hybridized carbons (Fsp3) is 0.231. The molecule has 21 heavy (non-hydrogen) atoms. The summed E-state index contributed by atoms with van der Waals surface area (Å²) in [6.45, 7) is 2.02. The normalized spacial score (nSPS) is 10.2. The molecular weight excluding hydrogens is 272 g/mol. The summed E-state index contributed by atoms with van der Waals surface area (Å²) < 4.78 is 0. The molecule has 2 aromatic rings. The molecule has 110 valence electrons. The largest absolute Gasteiger partial charge is 0.308 e. The van der Waals surface area contributed by atoms with Crippen LogP contribution in [0.3, 0.4) is 0 Å². The van der Waals surface area contributed by atoms with E-state index in [1.54, 1.807) is 12.1 Å². The van der Waals surface area contributed by atoms with E-state index in [1.165, 1.54) is 12.1 Å². The van der Waals surface area contributed by atoms with Gasteiger partial charge in [-0.3, -0.25) is 9.59 Å². The number of hydrazine groups is 1. The number of anilines is 2. The number of nitrogen functional groups attached to an aromatic ring is 1. The van der Waals surface area contributed by atoms with Crippen molar-refractivity contribution in [3.8, 4) is 0 Å². The second kappa shape index (κ2) is 6.62. The molecule has 8 nitrogen and oxygen atoms in total. The highest BCUT2D eigenvalue weighted by atomic mass is 16.2. The first-order valence-corrected chi connectivity index (χ1v) is 6.47.